The van der Waals surface area contributed by atoms with Gasteiger partial charge in [0.2, 0.25) is 0 Å². The van der Waals surface area contributed by atoms with Crippen LogP contribution in [0.3, 0.4) is 0 Å². The number of rotatable bonds is 6. The van der Waals surface area contributed by atoms with Gasteiger partial charge in [-0.1, -0.05) is 20.3 Å². The van der Waals surface area contributed by atoms with Gasteiger partial charge in [0.15, 0.2) is 0 Å². The molecule has 128 valence electrons. The molecule has 0 aliphatic heterocycles. The molecule has 2 N–H and O–H groups in total. The van der Waals surface area contributed by atoms with Crippen molar-refractivity contribution in [3.05, 3.63) is 0 Å². The van der Waals surface area contributed by atoms with Gasteiger partial charge in [-0.15, -0.1) is 0 Å². The number of hydrogen-bond acceptors (Lipinski definition) is 3. The summed E-state index contributed by atoms with van der Waals surface area (Å²) in [6.07, 6.45) is 7.40. The lowest BCUT2D eigenvalue weighted by atomic mass is 9.95. The summed E-state index contributed by atoms with van der Waals surface area (Å²) in [7, 11) is -0.735. The standard InChI is InChI=1S/C16H30N2O2S2/c1-3-21-14-9-8-13(10-14)18-16(19)17-12-6-5-7-15(11-12)22(20)4-2/h12-15H,3-11H2,1-2H3,(H2,17,18,19). The number of hydrogen-bond donors (Lipinski definition) is 2. The van der Waals surface area contributed by atoms with Gasteiger partial charge in [-0.25, -0.2) is 4.79 Å². The topological polar surface area (TPSA) is 58.2 Å². The molecule has 2 aliphatic carbocycles. The zero-order valence-corrected chi connectivity index (χ0v) is 15.4. The van der Waals surface area contributed by atoms with E-state index >= 15 is 0 Å². The fourth-order valence-corrected chi connectivity index (χ4v) is 6.11. The number of carbonyl (C=O) groups excluding carboxylic acids is 1. The van der Waals surface area contributed by atoms with Crippen molar-refractivity contribution in [2.45, 2.75) is 81.4 Å². The quantitative estimate of drug-likeness (QED) is 0.777. The Bertz CT molecular complexity index is 392. The second-order valence-electron chi connectivity index (χ2n) is 6.36. The third-order valence-corrected chi connectivity index (χ3v) is 7.71. The summed E-state index contributed by atoms with van der Waals surface area (Å²) in [5.41, 5.74) is 0. The largest absolute Gasteiger partial charge is 0.335 e. The monoisotopic (exact) mass is 346 g/mol. The molecule has 0 aromatic carbocycles. The fraction of sp³-hybridized carbons (Fsp3) is 0.938. The Labute approximate surface area is 141 Å². The van der Waals surface area contributed by atoms with Crippen LogP contribution in [0.25, 0.3) is 0 Å². The summed E-state index contributed by atoms with van der Waals surface area (Å²) in [6.45, 7) is 4.17. The second-order valence-corrected chi connectivity index (χ2v) is 9.94. The fourth-order valence-electron chi connectivity index (χ4n) is 3.62. The van der Waals surface area contributed by atoms with E-state index in [1.54, 1.807) is 0 Å². The Hall–Kier alpha value is -0.230. The highest BCUT2D eigenvalue weighted by atomic mass is 32.2. The van der Waals surface area contributed by atoms with Crippen LogP contribution in [0.1, 0.15) is 58.8 Å². The molecule has 0 heterocycles. The van der Waals surface area contributed by atoms with E-state index in [1.165, 1.54) is 6.42 Å². The molecule has 0 radical (unpaired) electrons. The number of thioether (sulfide) groups is 1. The van der Waals surface area contributed by atoms with E-state index < -0.39 is 10.8 Å². The molecule has 2 amide bonds. The minimum absolute atomic E-state index is 0.0277. The lowest BCUT2D eigenvalue weighted by Crippen LogP contribution is -2.48. The lowest BCUT2D eigenvalue weighted by Gasteiger charge is -2.29. The molecule has 5 unspecified atom stereocenters. The van der Waals surface area contributed by atoms with Crippen molar-refractivity contribution in [1.29, 1.82) is 0 Å². The predicted molar refractivity (Wildman–Crippen MR) is 96.0 cm³/mol. The minimum Gasteiger partial charge on any atom is -0.335 e. The first-order valence-electron chi connectivity index (χ1n) is 8.68. The van der Waals surface area contributed by atoms with Gasteiger partial charge in [-0.3, -0.25) is 4.21 Å². The first-order valence-corrected chi connectivity index (χ1v) is 11.1. The van der Waals surface area contributed by atoms with Crippen LogP contribution >= 0.6 is 11.8 Å². The third-order valence-electron chi connectivity index (χ3n) is 4.74. The molecule has 2 rings (SSSR count). The van der Waals surface area contributed by atoms with Crippen molar-refractivity contribution in [2.24, 2.45) is 0 Å². The third kappa shape index (κ3) is 5.44. The van der Waals surface area contributed by atoms with Gasteiger partial charge in [0.25, 0.3) is 0 Å². The maximum Gasteiger partial charge on any atom is 0.315 e. The molecule has 0 aromatic rings. The zero-order valence-electron chi connectivity index (χ0n) is 13.8. The summed E-state index contributed by atoms with van der Waals surface area (Å²) >= 11 is 2.01. The van der Waals surface area contributed by atoms with Gasteiger partial charge in [0, 0.05) is 39.1 Å². The van der Waals surface area contributed by atoms with Gasteiger partial charge < -0.3 is 10.6 Å². The van der Waals surface area contributed by atoms with E-state index in [9.17, 15) is 9.00 Å². The van der Waals surface area contributed by atoms with Crippen LogP contribution in [0, 0.1) is 0 Å². The summed E-state index contributed by atoms with van der Waals surface area (Å²) < 4.78 is 12.0. The molecular formula is C16H30N2O2S2. The molecule has 4 nitrogen and oxygen atoms in total. The van der Waals surface area contributed by atoms with Crippen LogP contribution in [-0.4, -0.2) is 44.3 Å². The Kier molecular flexibility index (Phi) is 7.54. The van der Waals surface area contributed by atoms with E-state index in [0.717, 1.165) is 50.0 Å². The molecule has 5 atom stereocenters. The van der Waals surface area contributed by atoms with Crippen molar-refractivity contribution in [3.8, 4) is 0 Å². The highest BCUT2D eigenvalue weighted by molar-refractivity contribution is 7.99. The highest BCUT2D eigenvalue weighted by Crippen LogP contribution is 2.29. The first-order chi connectivity index (χ1) is 10.6. The van der Waals surface area contributed by atoms with Crippen LogP contribution in [-0.2, 0) is 10.8 Å². The van der Waals surface area contributed by atoms with E-state index in [-0.39, 0.29) is 17.3 Å². The maximum absolute atomic E-state index is 12.2. The van der Waals surface area contributed by atoms with Gasteiger partial charge in [0.1, 0.15) is 0 Å². The number of carbonyl (C=O) groups is 1. The van der Waals surface area contributed by atoms with Gasteiger partial charge in [0.05, 0.1) is 0 Å². The van der Waals surface area contributed by atoms with Crippen LogP contribution in [0.15, 0.2) is 0 Å². The summed E-state index contributed by atoms with van der Waals surface area (Å²) in [4.78, 5) is 12.2. The normalized spacial score (nSPS) is 33.4. The van der Waals surface area contributed by atoms with Crippen molar-refractivity contribution in [2.75, 3.05) is 11.5 Å². The molecule has 2 fully saturated rings. The summed E-state index contributed by atoms with van der Waals surface area (Å²) in [5, 5.41) is 7.22. The predicted octanol–water partition coefficient (Wildman–Crippen LogP) is 3.04. The Morgan fingerprint density at radius 3 is 2.50 bits per heavy atom. The molecule has 0 spiro atoms. The minimum atomic E-state index is -0.735. The summed E-state index contributed by atoms with van der Waals surface area (Å²) in [6, 6.07) is 0.491. The van der Waals surface area contributed by atoms with Crippen molar-refractivity contribution >= 4 is 28.6 Å². The van der Waals surface area contributed by atoms with Gasteiger partial charge in [-0.2, -0.15) is 11.8 Å². The molecule has 6 heteroatoms. The first kappa shape index (κ1) is 18.1. The lowest BCUT2D eigenvalue weighted by molar-refractivity contribution is 0.229. The van der Waals surface area contributed by atoms with E-state index in [4.69, 9.17) is 0 Å². The molecule has 22 heavy (non-hydrogen) atoms. The number of amides is 2. The molecular weight excluding hydrogens is 316 g/mol. The van der Waals surface area contributed by atoms with E-state index in [2.05, 4.69) is 17.6 Å². The van der Waals surface area contributed by atoms with Crippen LogP contribution in [0.5, 0.6) is 0 Å². The average Bonchev–Trinajstić information content (AvgIpc) is 2.94. The number of urea groups is 1. The summed E-state index contributed by atoms with van der Waals surface area (Å²) in [5.74, 6) is 1.88. The molecule has 0 bridgehead atoms. The van der Waals surface area contributed by atoms with Gasteiger partial charge >= 0.3 is 6.03 Å². The smallest absolute Gasteiger partial charge is 0.315 e. The SMILES string of the molecule is CCSC1CCC(NC(=O)NC2CCCC(S(=O)CC)C2)C1. The van der Waals surface area contributed by atoms with Crippen LogP contribution in [0.4, 0.5) is 4.79 Å². The van der Waals surface area contributed by atoms with E-state index in [1.807, 2.05) is 18.7 Å². The van der Waals surface area contributed by atoms with Crippen molar-refractivity contribution in [3.63, 3.8) is 0 Å². The molecule has 2 aliphatic rings. The van der Waals surface area contributed by atoms with Crippen molar-refractivity contribution < 1.29 is 9.00 Å². The van der Waals surface area contributed by atoms with Crippen molar-refractivity contribution in [1.82, 2.24) is 10.6 Å². The Morgan fingerprint density at radius 1 is 1.09 bits per heavy atom. The Morgan fingerprint density at radius 2 is 1.82 bits per heavy atom. The average molecular weight is 347 g/mol. The molecule has 0 aromatic heterocycles. The molecule has 2 saturated carbocycles. The van der Waals surface area contributed by atoms with Gasteiger partial charge in [-0.05, 0) is 44.3 Å². The van der Waals surface area contributed by atoms with Crippen LogP contribution in [0.2, 0.25) is 0 Å². The zero-order chi connectivity index (χ0) is 15.9. The van der Waals surface area contributed by atoms with Crippen LogP contribution < -0.4 is 10.6 Å². The number of nitrogens with one attached hydrogen (secondary N) is 2. The second kappa shape index (κ2) is 9.16. The molecule has 0 saturated heterocycles. The maximum atomic E-state index is 12.2. The van der Waals surface area contributed by atoms with E-state index in [0.29, 0.717) is 11.3 Å². The highest BCUT2D eigenvalue weighted by Gasteiger charge is 2.29. The Balaban J connectivity index is 1.72.